The van der Waals surface area contributed by atoms with E-state index in [1.165, 1.54) is 11.2 Å². The Balaban J connectivity index is 1.43. The van der Waals surface area contributed by atoms with Crippen LogP contribution >= 0.6 is 0 Å². The number of nitrogens with zero attached hydrogens (tertiary/aromatic N) is 3. The van der Waals surface area contributed by atoms with Gasteiger partial charge in [-0.3, -0.25) is 14.4 Å². The molecule has 0 bridgehead atoms. The Morgan fingerprint density at radius 2 is 1.97 bits per heavy atom. The van der Waals surface area contributed by atoms with Crippen LogP contribution in [0.1, 0.15) is 39.6 Å². The molecule has 1 aliphatic heterocycles. The van der Waals surface area contributed by atoms with Crippen LogP contribution in [0.4, 0.5) is 5.69 Å². The maximum absolute atomic E-state index is 12.7. The monoisotopic (exact) mass is 392 g/mol. The zero-order valence-electron chi connectivity index (χ0n) is 15.9. The molecule has 0 saturated carbocycles. The first-order chi connectivity index (χ1) is 14.0. The molecule has 2 aromatic heterocycles. The molecule has 1 saturated heterocycles. The van der Waals surface area contributed by atoms with Crippen LogP contribution in [0.3, 0.4) is 0 Å². The van der Waals surface area contributed by atoms with Gasteiger partial charge in [-0.05, 0) is 49.2 Å². The van der Waals surface area contributed by atoms with E-state index in [9.17, 15) is 14.4 Å². The summed E-state index contributed by atoms with van der Waals surface area (Å²) in [5.74, 6) is -0.169. The van der Waals surface area contributed by atoms with Crippen LogP contribution in [0, 0.1) is 0 Å². The van der Waals surface area contributed by atoms with Crippen molar-refractivity contribution in [3.05, 3.63) is 72.2 Å². The van der Waals surface area contributed by atoms with Gasteiger partial charge in [0.05, 0.1) is 6.26 Å². The number of aromatic nitrogens is 2. The van der Waals surface area contributed by atoms with Gasteiger partial charge in [-0.15, -0.1) is 0 Å². The Kier molecular flexibility index (Phi) is 4.99. The van der Waals surface area contributed by atoms with Gasteiger partial charge in [-0.2, -0.15) is 0 Å². The Hall–Kier alpha value is -3.68. The number of rotatable bonds is 5. The summed E-state index contributed by atoms with van der Waals surface area (Å²) in [7, 11) is 1.76. The summed E-state index contributed by atoms with van der Waals surface area (Å²) in [5.41, 5.74) is 1.04. The third-order valence-electron chi connectivity index (χ3n) is 4.99. The second kappa shape index (κ2) is 7.75. The van der Waals surface area contributed by atoms with Crippen LogP contribution in [0.25, 0.3) is 0 Å². The predicted molar refractivity (Wildman–Crippen MR) is 104 cm³/mol. The minimum atomic E-state index is -0.554. The van der Waals surface area contributed by atoms with Crippen molar-refractivity contribution in [3.8, 4) is 0 Å². The SMILES string of the molecule is Cn1ccnc1C(=O)c1ccc(NC(=O)C2CCCN2C(=O)c2ccco2)cc1. The molecule has 29 heavy (non-hydrogen) atoms. The second-order valence-corrected chi connectivity index (χ2v) is 6.89. The molecule has 1 fully saturated rings. The lowest BCUT2D eigenvalue weighted by Gasteiger charge is -2.23. The molecule has 0 aliphatic carbocycles. The molecule has 0 radical (unpaired) electrons. The molecule has 1 unspecified atom stereocenters. The fourth-order valence-electron chi connectivity index (χ4n) is 3.47. The van der Waals surface area contributed by atoms with Gasteiger partial charge in [-0.1, -0.05) is 0 Å². The minimum absolute atomic E-state index is 0.193. The highest BCUT2D eigenvalue weighted by atomic mass is 16.3. The second-order valence-electron chi connectivity index (χ2n) is 6.89. The number of likely N-dealkylation sites (tertiary alicyclic amines) is 1. The number of benzene rings is 1. The maximum Gasteiger partial charge on any atom is 0.290 e. The lowest BCUT2D eigenvalue weighted by atomic mass is 10.1. The van der Waals surface area contributed by atoms with E-state index in [0.717, 1.165) is 6.42 Å². The third-order valence-corrected chi connectivity index (χ3v) is 4.99. The molecule has 3 aromatic rings. The lowest BCUT2D eigenvalue weighted by molar-refractivity contribution is -0.119. The van der Waals surface area contributed by atoms with Crippen molar-refractivity contribution in [2.24, 2.45) is 7.05 Å². The van der Waals surface area contributed by atoms with Crippen LogP contribution in [0.15, 0.2) is 59.5 Å². The summed E-state index contributed by atoms with van der Waals surface area (Å²) >= 11 is 0. The van der Waals surface area contributed by atoms with E-state index in [2.05, 4.69) is 10.3 Å². The molecule has 3 heterocycles. The molecule has 2 amide bonds. The van der Waals surface area contributed by atoms with Crippen molar-refractivity contribution in [1.82, 2.24) is 14.5 Å². The van der Waals surface area contributed by atoms with Gasteiger partial charge in [0.2, 0.25) is 11.7 Å². The molecular weight excluding hydrogens is 372 g/mol. The Morgan fingerprint density at radius 3 is 2.62 bits per heavy atom. The van der Waals surface area contributed by atoms with E-state index in [1.54, 1.807) is 60.4 Å². The standard InChI is InChI=1S/C21H20N4O4/c1-24-12-10-22-19(24)18(26)14-6-8-15(9-7-14)23-20(27)16-4-2-11-25(16)21(28)17-5-3-13-29-17/h3,5-10,12-13,16H,2,4,11H2,1H3,(H,23,27). The largest absolute Gasteiger partial charge is 0.459 e. The number of carbonyl (C=O) groups excluding carboxylic acids is 3. The van der Waals surface area contributed by atoms with E-state index in [0.29, 0.717) is 30.0 Å². The minimum Gasteiger partial charge on any atom is -0.459 e. The van der Waals surface area contributed by atoms with E-state index < -0.39 is 6.04 Å². The zero-order valence-corrected chi connectivity index (χ0v) is 15.9. The summed E-state index contributed by atoms with van der Waals surface area (Å²) < 4.78 is 6.82. The van der Waals surface area contributed by atoms with Gasteiger partial charge in [0.25, 0.3) is 5.91 Å². The first kappa shape index (κ1) is 18.7. The van der Waals surface area contributed by atoms with Crippen molar-refractivity contribution in [1.29, 1.82) is 0 Å². The van der Waals surface area contributed by atoms with Crippen molar-refractivity contribution in [3.63, 3.8) is 0 Å². The number of amides is 2. The first-order valence-electron chi connectivity index (χ1n) is 9.32. The molecule has 1 aromatic carbocycles. The number of carbonyl (C=O) groups is 3. The average Bonchev–Trinajstić information content (AvgIpc) is 3.48. The molecule has 1 aliphatic rings. The Bertz CT molecular complexity index is 1040. The highest BCUT2D eigenvalue weighted by Crippen LogP contribution is 2.22. The summed E-state index contributed by atoms with van der Waals surface area (Å²) in [6.07, 6.45) is 6.06. The van der Waals surface area contributed by atoms with Crippen LogP contribution < -0.4 is 5.32 Å². The quantitative estimate of drug-likeness (QED) is 0.673. The normalized spacial score (nSPS) is 16.0. The fraction of sp³-hybridized carbons (Fsp3) is 0.238. The van der Waals surface area contributed by atoms with Crippen molar-refractivity contribution in [2.75, 3.05) is 11.9 Å². The number of aryl methyl sites for hydroxylation is 1. The number of hydrogen-bond donors (Lipinski definition) is 1. The van der Waals surface area contributed by atoms with Crippen LogP contribution in [-0.4, -0.2) is 44.6 Å². The lowest BCUT2D eigenvalue weighted by Crippen LogP contribution is -2.43. The number of anilines is 1. The molecule has 1 atom stereocenters. The van der Waals surface area contributed by atoms with E-state index in [4.69, 9.17) is 4.42 Å². The van der Waals surface area contributed by atoms with Crippen molar-refractivity contribution < 1.29 is 18.8 Å². The summed E-state index contributed by atoms with van der Waals surface area (Å²) in [6, 6.07) is 9.31. The molecule has 148 valence electrons. The number of ketones is 1. The molecule has 4 rings (SSSR count). The topological polar surface area (TPSA) is 97.4 Å². The third kappa shape index (κ3) is 3.69. The molecule has 1 N–H and O–H groups in total. The van der Waals surface area contributed by atoms with Gasteiger partial charge in [0.1, 0.15) is 6.04 Å². The summed E-state index contributed by atoms with van der Waals surface area (Å²) in [4.78, 5) is 43.3. The van der Waals surface area contributed by atoms with Gasteiger partial charge >= 0.3 is 0 Å². The summed E-state index contributed by atoms with van der Waals surface area (Å²) in [6.45, 7) is 0.509. The van der Waals surface area contributed by atoms with Crippen LogP contribution in [-0.2, 0) is 11.8 Å². The van der Waals surface area contributed by atoms with Crippen LogP contribution in [0.2, 0.25) is 0 Å². The first-order valence-corrected chi connectivity index (χ1v) is 9.32. The smallest absolute Gasteiger partial charge is 0.290 e. The fourth-order valence-corrected chi connectivity index (χ4v) is 3.47. The van der Waals surface area contributed by atoms with Gasteiger partial charge in [0.15, 0.2) is 11.6 Å². The summed E-state index contributed by atoms with van der Waals surface area (Å²) in [5, 5.41) is 2.83. The molecule has 8 nitrogen and oxygen atoms in total. The Morgan fingerprint density at radius 1 is 1.17 bits per heavy atom. The van der Waals surface area contributed by atoms with E-state index >= 15 is 0 Å². The highest BCUT2D eigenvalue weighted by Gasteiger charge is 2.35. The van der Waals surface area contributed by atoms with Crippen LogP contribution in [0.5, 0.6) is 0 Å². The predicted octanol–water partition coefficient (Wildman–Crippen LogP) is 2.49. The molecular formula is C21H20N4O4. The van der Waals surface area contributed by atoms with Gasteiger partial charge < -0.3 is 19.2 Å². The zero-order chi connectivity index (χ0) is 20.4. The number of hydrogen-bond acceptors (Lipinski definition) is 5. The average molecular weight is 392 g/mol. The number of imidazole rings is 1. The number of nitrogens with one attached hydrogen (secondary N) is 1. The molecule has 8 heteroatoms. The highest BCUT2D eigenvalue weighted by molar-refractivity contribution is 6.07. The van der Waals surface area contributed by atoms with Gasteiger partial charge in [0, 0.05) is 37.2 Å². The van der Waals surface area contributed by atoms with Gasteiger partial charge in [-0.25, -0.2) is 4.98 Å². The van der Waals surface area contributed by atoms with Crippen molar-refractivity contribution in [2.45, 2.75) is 18.9 Å². The van der Waals surface area contributed by atoms with E-state index in [-0.39, 0.29) is 23.4 Å². The Labute approximate surface area is 167 Å². The van der Waals surface area contributed by atoms with E-state index in [1.807, 2.05) is 0 Å². The molecule has 0 spiro atoms. The maximum atomic E-state index is 12.7. The van der Waals surface area contributed by atoms with Crippen molar-refractivity contribution >= 4 is 23.3 Å². The number of furan rings is 1.